The normalized spacial score (nSPS) is 24.5. The topological polar surface area (TPSA) is 37.1 Å². The molecule has 0 fully saturated rings. The molecule has 1 aliphatic rings. The Kier molecular flexibility index (Phi) is 2.14. The molecule has 14 heavy (non-hydrogen) atoms. The molecule has 0 spiro atoms. The number of hydrogen-bond acceptors (Lipinski definition) is 3. The molecule has 2 rings (SSSR count). The first kappa shape index (κ1) is 9.39. The van der Waals surface area contributed by atoms with E-state index in [9.17, 15) is 8.78 Å². The van der Waals surface area contributed by atoms with E-state index < -0.39 is 16.2 Å². The first-order chi connectivity index (χ1) is 6.60. The maximum absolute atomic E-state index is 12.9. The van der Waals surface area contributed by atoms with Gasteiger partial charge in [0.05, 0.1) is 0 Å². The number of benzene rings is 1. The minimum atomic E-state index is -1.17. The molecule has 1 aromatic carbocycles. The second kappa shape index (κ2) is 3.20. The van der Waals surface area contributed by atoms with Crippen LogP contribution in [-0.4, -0.2) is 6.34 Å². The number of alkyl halides is 1. The Morgan fingerprint density at radius 3 is 2.29 bits per heavy atom. The average molecular weight is 260 g/mol. The second-order valence-corrected chi connectivity index (χ2v) is 3.81. The van der Waals surface area contributed by atoms with Crippen molar-refractivity contribution in [2.75, 3.05) is 0 Å². The molecular weight excluding hydrogens is 256 g/mol. The van der Waals surface area contributed by atoms with Gasteiger partial charge in [-0.2, -0.15) is 0 Å². The molecule has 1 aromatic rings. The summed E-state index contributed by atoms with van der Waals surface area (Å²) in [7, 11) is 0. The number of nitrogens with zero attached hydrogens (tertiary/aromatic N) is 3. The summed E-state index contributed by atoms with van der Waals surface area (Å²) in [5.41, 5.74) is 0.271. The van der Waals surface area contributed by atoms with Crippen LogP contribution in [0.1, 0.15) is 5.56 Å². The fourth-order valence-corrected chi connectivity index (χ4v) is 1.51. The van der Waals surface area contributed by atoms with Crippen LogP contribution in [0.2, 0.25) is 0 Å². The summed E-state index contributed by atoms with van der Waals surface area (Å²) >= 11 is 3.13. The summed E-state index contributed by atoms with van der Waals surface area (Å²) in [6, 6.07) is 3.09. The number of hydrogen-bond donors (Lipinski definition) is 0. The molecule has 0 bridgehead atoms. The number of rotatable bonds is 1. The number of halogens is 3. The van der Waals surface area contributed by atoms with E-state index in [-0.39, 0.29) is 5.56 Å². The van der Waals surface area contributed by atoms with Gasteiger partial charge in [0, 0.05) is 11.6 Å². The Bertz CT molecular complexity index is 398. The largest absolute Gasteiger partial charge is 0.252 e. The highest BCUT2D eigenvalue weighted by Crippen LogP contribution is 2.37. The van der Waals surface area contributed by atoms with Crippen molar-refractivity contribution in [3.8, 4) is 0 Å². The van der Waals surface area contributed by atoms with E-state index in [0.717, 1.165) is 18.2 Å². The van der Waals surface area contributed by atoms with E-state index >= 15 is 0 Å². The van der Waals surface area contributed by atoms with Crippen LogP contribution in [0.5, 0.6) is 0 Å². The summed E-state index contributed by atoms with van der Waals surface area (Å²) in [5, 5.41) is 7.22. The van der Waals surface area contributed by atoms with Gasteiger partial charge >= 0.3 is 0 Å². The third-order valence-corrected chi connectivity index (χ3v) is 2.52. The van der Waals surface area contributed by atoms with Crippen molar-refractivity contribution in [2.24, 2.45) is 15.2 Å². The van der Waals surface area contributed by atoms with Crippen LogP contribution in [0.25, 0.3) is 0 Å². The Balaban J connectivity index is 2.51. The lowest BCUT2D eigenvalue weighted by atomic mass is 10.2. The van der Waals surface area contributed by atoms with Gasteiger partial charge in [-0.05, 0) is 28.1 Å². The van der Waals surface area contributed by atoms with Gasteiger partial charge in [-0.1, -0.05) is 0 Å². The minimum absolute atomic E-state index is 0.271. The zero-order chi connectivity index (χ0) is 10.2. The fraction of sp³-hybridized carbons (Fsp3) is 0.125. The molecule has 1 atom stereocenters. The van der Waals surface area contributed by atoms with Gasteiger partial charge in [0.25, 0.3) is 4.57 Å². The Morgan fingerprint density at radius 1 is 1.14 bits per heavy atom. The van der Waals surface area contributed by atoms with Crippen molar-refractivity contribution in [3.63, 3.8) is 0 Å². The summed E-state index contributed by atoms with van der Waals surface area (Å²) in [5.74, 6) is -1.34. The van der Waals surface area contributed by atoms with Crippen molar-refractivity contribution >= 4 is 22.3 Å². The zero-order valence-corrected chi connectivity index (χ0v) is 8.37. The fourth-order valence-electron chi connectivity index (χ4n) is 1.10. The molecule has 0 radical (unpaired) electrons. The van der Waals surface area contributed by atoms with Crippen molar-refractivity contribution in [2.45, 2.75) is 4.57 Å². The Morgan fingerprint density at radius 2 is 1.79 bits per heavy atom. The Hall–Kier alpha value is -1.17. The Labute approximate surface area is 86.7 Å². The SMILES string of the molecule is Fc1cc(F)cc(C2(Br)N=CN=N2)c1. The van der Waals surface area contributed by atoms with E-state index in [0.29, 0.717) is 0 Å². The maximum Gasteiger partial charge on any atom is 0.252 e. The van der Waals surface area contributed by atoms with Crippen LogP contribution < -0.4 is 0 Å². The first-order valence-electron chi connectivity index (χ1n) is 3.71. The van der Waals surface area contributed by atoms with Crippen LogP contribution >= 0.6 is 15.9 Å². The average Bonchev–Trinajstić information content (AvgIpc) is 2.52. The number of aliphatic imine (C=N–C) groups is 1. The van der Waals surface area contributed by atoms with Gasteiger partial charge in [-0.3, -0.25) is 0 Å². The van der Waals surface area contributed by atoms with Crippen molar-refractivity contribution in [1.29, 1.82) is 0 Å². The van der Waals surface area contributed by atoms with Gasteiger partial charge in [0.1, 0.15) is 18.0 Å². The smallest absolute Gasteiger partial charge is 0.225 e. The molecule has 0 saturated heterocycles. The van der Waals surface area contributed by atoms with E-state index in [1.165, 1.54) is 6.34 Å². The molecule has 0 saturated carbocycles. The van der Waals surface area contributed by atoms with Crippen LogP contribution in [0.4, 0.5) is 8.78 Å². The van der Waals surface area contributed by atoms with Crippen molar-refractivity contribution in [1.82, 2.24) is 0 Å². The standard InChI is InChI=1S/C8H4BrF2N3/c9-8(12-4-13-14-8)5-1-6(10)3-7(11)2-5/h1-4H. The molecule has 0 N–H and O–H groups in total. The van der Waals surface area contributed by atoms with Crippen molar-refractivity contribution in [3.05, 3.63) is 35.4 Å². The molecule has 1 unspecified atom stereocenters. The summed E-state index contributed by atoms with van der Waals surface area (Å²) in [4.78, 5) is 3.85. The van der Waals surface area contributed by atoms with Gasteiger partial charge in [0.15, 0.2) is 0 Å². The van der Waals surface area contributed by atoms with Gasteiger partial charge < -0.3 is 0 Å². The highest BCUT2D eigenvalue weighted by atomic mass is 79.9. The van der Waals surface area contributed by atoms with E-state index in [1.807, 2.05) is 0 Å². The van der Waals surface area contributed by atoms with Crippen LogP contribution in [0, 0.1) is 11.6 Å². The van der Waals surface area contributed by atoms with E-state index in [1.54, 1.807) is 0 Å². The van der Waals surface area contributed by atoms with E-state index in [2.05, 4.69) is 31.2 Å². The zero-order valence-electron chi connectivity index (χ0n) is 6.78. The minimum Gasteiger partial charge on any atom is -0.225 e. The molecule has 72 valence electrons. The second-order valence-electron chi connectivity index (χ2n) is 2.71. The quantitative estimate of drug-likeness (QED) is 0.550. The van der Waals surface area contributed by atoms with Gasteiger partial charge in [-0.15, -0.1) is 10.2 Å². The van der Waals surface area contributed by atoms with Crippen molar-refractivity contribution < 1.29 is 8.78 Å². The molecule has 3 nitrogen and oxygen atoms in total. The lowest BCUT2D eigenvalue weighted by Gasteiger charge is -2.13. The molecule has 0 amide bonds. The predicted molar refractivity (Wildman–Crippen MR) is 50.3 cm³/mol. The molecule has 0 aliphatic carbocycles. The third kappa shape index (κ3) is 1.57. The molecule has 6 heteroatoms. The van der Waals surface area contributed by atoms with E-state index in [4.69, 9.17) is 0 Å². The molecule has 1 heterocycles. The summed E-state index contributed by atoms with van der Waals surface area (Å²) < 4.78 is 24.6. The molecular formula is C8H4BrF2N3. The molecule has 1 aliphatic heterocycles. The van der Waals surface area contributed by atoms with Crippen LogP contribution in [-0.2, 0) is 4.57 Å². The van der Waals surface area contributed by atoms with Crippen LogP contribution in [0.3, 0.4) is 0 Å². The predicted octanol–water partition coefficient (Wildman–Crippen LogP) is 2.96. The lowest BCUT2D eigenvalue weighted by Crippen LogP contribution is -2.09. The van der Waals surface area contributed by atoms with Gasteiger partial charge in [-0.25, -0.2) is 13.8 Å². The highest BCUT2D eigenvalue weighted by molar-refractivity contribution is 9.09. The number of azo groups is 1. The summed E-state index contributed by atoms with van der Waals surface area (Å²) in [6.07, 6.45) is 1.22. The first-order valence-corrected chi connectivity index (χ1v) is 4.51. The monoisotopic (exact) mass is 259 g/mol. The highest BCUT2D eigenvalue weighted by Gasteiger charge is 2.30. The molecule has 0 aromatic heterocycles. The maximum atomic E-state index is 12.9. The van der Waals surface area contributed by atoms with Gasteiger partial charge in [0.2, 0.25) is 0 Å². The lowest BCUT2D eigenvalue weighted by molar-refractivity contribution is 0.571. The van der Waals surface area contributed by atoms with Crippen LogP contribution in [0.15, 0.2) is 33.4 Å². The summed E-state index contributed by atoms with van der Waals surface area (Å²) in [6.45, 7) is 0. The third-order valence-electron chi connectivity index (χ3n) is 1.70.